The Morgan fingerprint density at radius 2 is 1.52 bits per heavy atom. The fraction of sp³-hybridized carbons (Fsp3) is 0.0556. The van der Waals surface area contributed by atoms with Gasteiger partial charge in [0.1, 0.15) is 5.56 Å². The molecule has 7 heteroatoms. The molecule has 25 heavy (non-hydrogen) atoms. The van der Waals surface area contributed by atoms with E-state index in [1.165, 1.54) is 6.07 Å². The highest BCUT2D eigenvalue weighted by molar-refractivity contribution is 6.20. The first-order chi connectivity index (χ1) is 11.9. The Labute approximate surface area is 139 Å². The van der Waals surface area contributed by atoms with Crippen LogP contribution in [0.2, 0.25) is 0 Å². The van der Waals surface area contributed by atoms with Gasteiger partial charge in [0, 0.05) is 11.1 Å². The summed E-state index contributed by atoms with van der Waals surface area (Å²) in [5, 5.41) is 0.221. The third-order valence-electron chi connectivity index (χ3n) is 4.01. The van der Waals surface area contributed by atoms with Crippen molar-refractivity contribution in [3.05, 3.63) is 70.5 Å². The number of esters is 1. The largest absolute Gasteiger partial charge is 0.420 e. The summed E-state index contributed by atoms with van der Waals surface area (Å²) < 4.78 is 33.5. The predicted octanol–water partition coefficient (Wildman–Crippen LogP) is 2.73. The van der Waals surface area contributed by atoms with E-state index in [-0.39, 0.29) is 5.39 Å². The molecular weight excluding hydrogens is 332 g/mol. The second-order valence-electron chi connectivity index (χ2n) is 5.49. The molecule has 0 saturated carbocycles. The van der Waals surface area contributed by atoms with E-state index in [1.54, 1.807) is 48.5 Å². The van der Waals surface area contributed by atoms with E-state index in [0.29, 0.717) is 11.2 Å². The first-order valence-corrected chi connectivity index (χ1v) is 7.31. The van der Waals surface area contributed by atoms with Crippen molar-refractivity contribution in [1.82, 2.24) is 4.57 Å². The maximum Gasteiger partial charge on any atom is 0.405 e. The van der Waals surface area contributed by atoms with Crippen LogP contribution in [-0.2, 0) is 4.79 Å². The lowest BCUT2D eigenvalue weighted by atomic mass is 9.99. The molecule has 0 atom stereocenters. The van der Waals surface area contributed by atoms with Crippen molar-refractivity contribution >= 4 is 22.7 Å². The van der Waals surface area contributed by atoms with E-state index in [4.69, 9.17) is 0 Å². The zero-order valence-corrected chi connectivity index (χ0v) is 12.5. The maximum atomic E-state index is 13.8. The zero-order valence-electron chi connectivity index (χ0n) is 12.5. The number of rotatable bonds is 1. The van der Waals surface area contributed by atoms with E-state index < -0.39 is 34.5 Å². The molecule has 0 unspecified atom stereocenters. The van der Waals surface area contributed by atoms with Gasteiger partial charge in [-0.25, -0.2) is 4.79 Å². The fourth-order valence-corrected chi connectivity index (χ4v) is 2.86. The number of halogens is 2. The number of Topliss-reactive ketones (excluding diaryl/α,β-unsaturated/α-hetero) is 1. The molecule has 1 aromatic heterocycles. The summed E-state index contributed by atoms with van der Waals surface area (Å²) in [6, 6.07) is 14.6. The highest BCUT2D eigenvalue weighted by atomic mass is 19.3. The molecule has 1 aliphatic heterocycles. The molecule has 0 aliphatic carbocycles. The summed E-state index contributed by atoms with van der Waals surface area (Å²) in [4.78, 5) is 36.5. The number of carbonyl (C=O) groups excluding carboxylic acids is 2. The van der Waals surface area contributed by atoms with Crippen LogP contribution in [-0.4, -0.2) is 22.2 Å². The number of carbonyl (C=O) groups is 2. The number of nitrogens with zero attached hydrogens (tertiary/aromatic N) is 1. The topological polar surface area (TPSA) is 65.4 Å². The second-order valence-corrected chi connectivity index (χ2v) is 5.49. The first-order valence-electron chi connectivity index (χ1n) is 7.31. The van der Waals surface area contributed by atoms with Crippen LogP contribution in [0.3, 0.4) is 0 Å². The lowest BCUT2D eigenvalue weighted by Crippen LogP contribution is -2.48. The van der Waals surface area contributed by atoms with Crippen LogP contribution in [0.4, 0.5) is 8.78 Å². The van der Waals surface area contributed by atoms with E-state index in [9.17, 15) is 23.2 Å². The van der Waals surface area contributed by atoms with Gasteiger partial charge in [0.25, 0.3) is 11.3 Å². The number of fused-ring (bicyclic) bond motifs is 3. The average molecular weight is 341 g/mol. The Bertz CT molecular complexity index is 1100. The lowest BCUT2D eigenvalue weighted by molar-refractivity contribution is -0.156. The van der Waals surface area contributed by atoms with Crippen LogP contribution < -0.4 is 10.3 Å². The quantitative estimate of drug-likeness (QED) is 0.504. The van der Waals surface area contributed by atoms with Gasteiger partial charge in [-0.15, -0.1) is 0 Å². The van der Waals surface area contributed by atoms with E-state index in [0.717, 1.165) is 4.57 Å². The van der Waals surface area contributed by atoms with Crippen molar-refractivity contribution < 1.29 is 23.1 Å². The number of pyridine rings is 1. The minimum Gasteiger partial charge on any atom is -0.420 e. The number of para-hydroxylation sites is 2. The molecule has 0 bridgehead atoms. The monoisotopic (exact) mass is 341 g/mol. The van der Waals surface area contributed by atoms with Gasteiger partial charge in [0.15, 0.2) is 5.75 Å². The van der Waals surface area contributed by atoms with Crippen LogP contribution >= 0.6 is 0 Å². The highest BCUT2D eigenvalue weighted by Crippen LogP contribution is 2.37. The van der Waals surface area contributed by atoms with Gasteiger partial charge in [0.05, 0.1) is 5.52 Å². The van der Waals surface area contributed by atoms with Crippen molar-refractivity contribution in [2.45, 2.75) is 5.92 Å². The van der Waals surface area contributed by atoms with Gasteiger partial charge in [-0.3, -0.25) is 14.2 Å². The number of hydrogen-bond donors (Lipinski definition) is 0. The predicted molar refractivity (Wildman–Crippen MR) is 84.5 cm³/mol. The van der Waals surface area contributed by atoms with Crippen molar-refractivity contribution in [2.24, 2.45) is 0 Å². The van der Waals surface area contributed by atoms with Crippen LogP contribution in [0.1, 0.15) is 10.4 Å². The smallest absolute Gasteiger partial charge is 0.405 e. The Hall–Kier alpha value is -3.35. The number of ether oxygens (including phenoxy) is 1. The van der Waals surface area contributed by atoms with Gasteiger partial charge in [0.2, 0.25) is 0 Å². The number of ketones is 1. The molecule has 0 N–H and O–H groups in total. The number of alkyl halides is 2. The summed E-state index contributed by atoms with van der Waals surface area (Å²) in [6.45, 7) is 0. The van der Waals surface area contributed by atoms with Crippen molar-refractivity contribution in [3.8, 4) is 11.4 Å². The molecular formula is C18H9F2NO4. The molecule has 1 aliphatic rings. The van der Waals surface area contributed by atoms with Crippen molar-refractivity contribution in [2.75, 3.05) is 0 Å². The molecule has 5 nitrogen and oxygen atoms in total. The summed E-state index contributed by atoms with van der Waals surface area (Å²) in [7, 11) is 0. The molecule has 3 aromatic rings. The molecule has 4 rings (SSSR count). The van der Waals surface area contributed by atoms with E-state index in [2.05, 4.69) is 4.74 Å². The van der Waals surface area contributed by atoms with Crippen LogP contribution in [0.5, 0.6) is 5.75 Å². The number of hydrogen-bond acceptors (Lipinski definition) is 4. The molecule has 0 amide bonds. The maximum absolute atomic E-state index is 13.8. The number of benzene rings is 2. The SMILES string of the molecule is O=C1Oc2c(c(=O)n(-c3ccccc3)c3ccccc23)C(=O)C1(F)F. The lowest BCUT2D eigenvalue weighted by Gasteiger charge is -2.24. The molecule has 0 radical (unpaired) electrons. The Balaban J connectivity index is 2.19. The molecule has 0 spiro atoms. The Morgan fingerprint density at radius 1 is 0.880 bits per heavy atom. The summed E-state index contributed by atoms with van der Waals surface area (Å²) in [5.74, 6) is -8.64. The summed E-state index contributed by atoms with van der Waals surface area (Å²) >= 11 is 0. The molecule has 0 saturated heterocycles. The number of aromatic nitrogens is 1. The van der Waals surface area contributed by atoms with Gasteiger partial charge in [-0.1, -0.05) is 30.3 Å². The minimum atomic E-state index is -4.39. The summed E-state index contributed by atoms with van der Waals surface area (Å²) in [5.41, 5.74) is -1.05. The molecule has 2 aromatic carbocycles. The third kappa shape index (κ3) is 2.02. The van der Waals surface area contributed by atoms with Gasteiger partial charge in [-0.05, 0) is 24.3 Å². The zero-order chi connectivity index (χ0) is 17.8. The summed E-state index contributed by atoms with van der Waals surface area (Å²) in [6.07, 6.45) is 0. The average Bonchev–Trinajstić information content (AvgIpc) is 2.61. The Morgan fingerprint density at radius 3 is 2.24 bits per heavy atom. The van der Waals surface area contributed by atoms with E-state index in [1.807, 2.05) is 0 Å². The molecule has 0 fully saturated rings. The molecule has 2 heterocycles. The van der Waals surface area contributed by atoms with Crippen LogP contribution in [0.15, 0.2) is 59.4 Å². The van der Waals surface area contributed by atoms with Crippen LogP contribution in [0.25, 0.3) is 16.6 Å². The van der Waals surface area contributed by atoms with Gasteiger partial charge < -0.3 is 4.74 Å². The van der Waals surface area contributed by atoms with E-state index >= 15 is 0 Å². The Kier molecular flexibility index (Phi) is 3.08. The minimum absolute atomic E-state index is 0.221. The standard InChI is InChI=1S/C18H9F2NO4/c19-18(20)15(22)13-14(25-17(18)24)11-8-4-5-9-12(11)21(16(13)23)10-6-2-1-3-7-10/h1-9H. The normalized spacial score (nSPS) is 15.8. The molecule has 124 valence electrons. The van der Waals surface area contributed by atoms with Crippen molar-refractivity contribution in [3.63, 3.8) is 0 Å². The van der Waals surface area contributed by atoms with Gasteiger partial charge >= 0.3 is 11.9 Å². The van der Waals surface area contributed by atoms with Gasteiger partial charge in [-0.2, -0.15) is 8.78 Å². The van der Waals surface area contributed by atoms with Crippen molar-refractivity contribution in [1.29, 1.82) is 0 Å². The second kappa shape index (κ2) is 5.07. The fourth-order valence-electron chi connectivity index (χ4n) is 2.86. The third-order valence-corrected chi connectivity index (χ3v) is 4.01. The van der Waals surface area contributed by atoms with Crippen LogP contribution in [0, 0.1) is 0 Å². The highest BCUT2D eigenvalue weighted by Gasteiger charge is 2.55. The first kappa shape index (κ1) is 15.2.